The molecule has 0 saturated heterocycles. The van der Waals surface area contributed by atoms with Crippen molar-refractivity contribution in [1.29, 1.82) is 0 Å². The monoisotopic (exact) mass is 329 g/mol. The maximum absolute atomic E-state index is 9.58. The van der Waals surface area contributed by atoms with Crippen LogP contribution in [0.5, 0.6) is 5.75 Å². The molecule has 4 rings (SSSR count). The van der Waals surface area contributed by atoms with Gasteiger partial charge in [-0.1, -0.05) is 24.3 Å². The van der Waals surface area contributed by atoms with Crippen LogP contribution in [0.3, 0.4) is 0 Å². The molecular weight excluding hydrogens is 310 g/mol. The van der Waals surface area contributed by atoms with Crippen LogP contribution in [0, 0.1) is 13.8 Å². The lowest BCUT2D eigenvalue weighted by Crippen LogP contribution is -1.99. The predicted molar refractivity (Wildman–Crippen MR) is 101 cm³/mol. The van der Waals surface area contributed by atoms with E-state index in [0.717, 1.165) is 34.0 Å². The fraction of sp³-hybridized carbons (Fsp3) is 0.0952. The molecule has 0 radical (unpaired) electrons. The molecule has 4 aromatic rings. The Morgan fingerprint density at radius 2 is 1.68 bits per heavy atom. The van der Waals surface area contributed by atoms with E-state index < -0.39 is 0 Å². The third kappa shape index (κ3) is 2.83. The second-order valence-electron chi connectivity index (χ2n) is 6.23. The number of phenolic OH excluding ortho intramolecular Hbond substituents is 1. The van der Waals surface area contributed by atoms with Crippen LogP contribution >= 0.6 is 0 Å². The molecule has 0 fully saturated rings. The number of aryl methyl sites for hydroxylation is 2. The van der Waals surface area contributed by atoms with Gasteiger partial charge in [0.1, 0.15) is 22.9 Å². The predicted octanol–water partition coefficient (Wildman–Crippen LogP) is 5.07. The molecule has 4 heteroatoms. The van der Waals surface area contributed by atoms with Crippen LogP contribution in [0.15, 0.2) is 66.9 Å². The smallest absolute Gasteiger partial charge is 0.143 e. The number of hydrogen-bond acceptors (Lipinski definition) is 3. The average Bonchev–Trinajstić information content (AvgIpc) is 2.95. The first-order valence-electron chi connectivity index (χ1n) is 8.22. The number of para-hydroxylation sites is 1. The van der Waals surface area contributed by atoms with Crippen molar-refractivity contribution >= 4 is 17.2 Å². The van der Waals surface area contributed by atoms with Gasteiger partial charge in [0.05, 0.1) is 0 Å². The van der Waals surface area contributed by atoms with Crippen molar-refractivity contribution in [1.82, 2.24) is 9.38 Å². The zero-order valence-electron chi connectivity index (χ0n) is 14.2. The Labute approximate surface area is 146 Å². The maximum Gasteiger partial charge on any atom is 0.143 e. The quantitative estimate of drug-likeness (QED) is 0.552. The summed E-state index contributed by atoms with van der Waals surface area (Å²) in [5, 5.41) is 13.1. The summed E-state index contributed by atoms with van der Waals surface area (Å²) < 4.78 is 2.07. The van der Waals surface area contributed by atoms with Crippen molar-refractivity contribution in [3.8, 4) is 17.0 Å². The summed E-state index contributed by atoms with van der Waals surface area (Å²) in [5.41, 5.74) is 6.07. The first kappa shape index (κ1) is 15.3. The van der Waals surface area contributed by atoms with Crippen LogP contribution in [-0.4, -0.2) is 14.5 Å². The number of fused-ring (bicyclic) bond motifs is 1. The van der Waals surface area contributed by atoms with Gasteiger partial charge in [0, 0.05) is 17.4 Å². The van der Waals surface area contributed by atoms with Gasteiger partial charge in [-0.3, -0.25) is 4.40 Å². The van der Waals surface area contributed by atoms with E-state index in [0.29, 0.717) is 0 Å². The topological polar surface area (TPSA) is 49.6 Å². The molecule has 0 saturated carbocycles. The second kappa shape index (κ2) is 5.98. The molecule has 0 unspecified atom stereocenters. The molecule has 0 spiro atoms. The Morgan fingerprint density at radius 1 is 0.920 bits per heavy atom. The molecule has 2 aromatic heterocycles. The van der Waals surface area contributed by atoms with E-state index in [1.165, 1.54) is 5.56 Å². The lowest BCUT2D eigenvalue weighted by Gasteiger charge is -2.11. The van der Waals surface area contributed by atoms with Gasteiger partial charge >= 0.3 is 0 Å². The summed E-state index contributed by atoms with van der Waals surface area (Å²) in [5.74, 6) is 1.16. The van der Waals surface area contributed by atoms with Gasteiger partial charge in [0.2, 0.25) is 0 Å². The fourth-order valence-electron chi connectivity index (χ4n) is 2.93. The number of nitrogens with one attached hydrogen (secondary N) is 1. The molecule has 4 nitrogen and oxygen atoms in total. The third-order valence-electron chi connectivity index (χ3n) is 4.31. The Kier molecular flexibility index (Phi) is 3.65. The number of rotatable bonds is 3. The number of anilines is 2. The van der Waals surface area contributed by atoms with Crippen molar-refractivity contribution in [2.24, 2.45) is 0 Å². The van der Waals surface area contributed by atoms with Crippen molar-refractivity contribution in [3.63, 3.8) is 0 Å². The van der Waals surface area contributed by atoms with Gasteiger partial charge in [-0.05, 0) is 61.4 Å². The molecular formula is C21H19N3O. The van der Waals surface area contributed by atoms with Crippen LogP contribution in [-0.2, 0) is 0 Å². The molecule has 25 heavy (non-hydrogen) atoms. The van der Waals surface area contributed by atoms with E-state index in [2.05, 4.69) is 48.0 Å². The minimum absolute atomic E-state index is 0.247. The molecule has 0 atom stereocenters. The molecule has 2 heterocycles. The normalized spacial score (nSPS) is 11.0. The Bertz CT molecular complexity index is 1050. The summed E-state index contributed by atoms with van der Waals surface area (Å²) >= 11 is 0. The third-order valence-corrected chi connectivity index (χ3v) is 4.31. The number of benzene rings is 2. The maximum atomic E-state index is 9.58. The summed E-state index contributed by atoms with van der Waals surface area (Å²) in [6.07, 6.45) is 2.08. The van der Waals surface area contributed by atoms with Gasteiger partial charge in [-0.2, -0.15) is 0 Å². The van der Waals surface area contributed by atoms with Crippen molar-refractivity contribution in [3.05, 3.63) is 78.0 Å². The number of nitrogens with zero attached hydrogens (tertiary/aromatic N) is 2. The van der Waals surface area contributed by atoms with Crippen LogP contribution < -0.4 is 5.32 Å². The van der Waals surface area contributed by atoms with E-state index in [-0.39, 0.29) is 5.75 Å². The number of pyridine rings is 1. The van der Waals surface area contributed by atoms with E-state index in [4.69, 9.17) is 4.98 Å². The molecule has 2 N–H and O–H groups in total. The minimum atomic E-state index is 0.247. The molecule has 0 bridgehead atoms. The van der Waals surface area contributed by atoms with E-state index in [9.17, 15) is 5.11 Å². The molecule has 0 amide bonds. The van der Waals surface area contributed by atoms with E-state index >= 15 is 0 Å². The highest BCUT2D eigenvalue weighted by molar-refractivity contribution is 5.80. The number of imidazole rings is 1. The largest absolute Gasteiger partial charge is 0.508 e. The van der Waals surface area contributed by atoms with E-state index in [1.807, 2.05) is 30.3 Å². The highest BCUT2D eigenvalue weighted by atomic mass is 16.3. The first-order chi connectivity index (χ1) is 12.1. The van der Waals surface area contributed by atoms with Crippen LogP contribution in [0.2, 0.25) is 0 Å². The number of aromatic nitrogens is 2. The lowest BCUT2D eigenvalue weighted by atomic mass is 10.1. The SMILES string of the molecule is Cc1ccc2nc(-c3ccc(O)cc3)c(Nc3ccccc3C)n2c1. The summed E-state index contributed by atoms with van der Waals surface area (Å²) in [6, 6.07) is 19.4. The highest BCUT2D eigenvalue weighted by Crippen LogP contribution is 2.32. The fourth-order valence-corrected chi connectivity index (χ4v) is 2.93. The molecule has 2 aromatic carbocycles. The van der Waals surface area contributed by atoms with Crippen molar-refractivity contribution in [2.75, 3.05) is 5.32 Å². The Balaban J connectivity index is 1.93. The first-order valence-corrected chi connectivity index (χ1v) is 8.22. The summed E-state index contributed by atoms with van der Waals surface area (Å²) in [4.78, 5) is 4.80. The second-order valence-corrected chi connectivity index (χ2v) is 6.23. The lowest BCUT2D eigenvalue weighted by molar-refractivity contribution is 0.475. The Morgan fingerprint density at radius 3 is 2.44 bits per heavy atom. The minimum Gasteiger partial charge on any atom is -0.508 e. The zero-order valence-corrected chi connectivity index (χ0v) is 14.2. The molecule has 124 valence electrons. The summed E-state index contributed by atoms with van der Waals surface area (Å²) in [6.45, 7) is 4.15. The molecule has 0 aliphatic carbocycles. The average molecular weight is 329 g/mol. The summed E-state index contributed by atoms with van der Waals surface area (Å²) in [7, 11) is 0. The zero-order chi connectivity index (χ0) is 17.4. The van der Waals surface area contributed by atoms with E-state index in [1.54, 1.807) is 12.1 Å². The van der Waals surface area contributed by atoms with Crippen LogP contribution in [0.1, 0.15) is 11.1 Å². The van der Waals surface area contributed by atoms with Gasteiger partial charge < -0.3 is 10.4 Å². The van der Waals surface area contributed by atoms with Gasteiger partial charge in [0.25, 0.3) is 0 Å². The highest BCUT2D eigenvalue weighted by Gasteiger charge is 2.15. The van der Waals surface area contributed by atoms with Crippen molar-refractivity contribution in [2.45, 2.75) is 13.8 Å². The van der Waals surface area contributed by atoms with Crippen LogP contribution in [0.4, 0.5) is 11.5 Å². The van der Waals surface area contributed by atoms with Gasteiger partial charge in [0.15, 0.2) is 0 Å². The number of aromatic hydroxyl groups is 1. The molecule has 0 aliphatic heterocycles. The van der Waals surface area contributed by atoms with Gasteiger partial charge in [-0.15, -0.1) is 0 Å². The number of hydrogen-bond donors (Lipinski definition) is 2. The number of phenols is 1. The van der Waals surface area contributed by atoms with Gasteiger partial charge in [-0.25, -0.2) is 4.98 Å². The molecule has 0 aliphatic rings. The Hall–Kier alpha value is -3.27. The standard InChI is InChI=1S/C21H19N3O/c1-14-7-12-19-23-20(16-8-10-17(25)11-9-16)21(24(19)13-14)22-18-6-4-3-5-15(18)2/h3-13,22,25H,1-2H3. The van der Waals surface area contributed by atoms with Crippen molar-refractivity contribution < 1.29 is 5.11 Å². The van der Waals surface area contributed by atoms with Crippen LogP contribution in [0.25, 0.3) is 16.9 Å².